The number of carbonyl (C=O) groups is 2. The molecule has 0 saturated carbocycles. The number of nitrogens with zero attached hydrogens (tertiary/aromatic N) is 2. The molecule has 4 rings (SSSR count). The Morgan fingerprint density at radius 3 is 1.69 bits per heavy atom. The summed E-state index contributed by atoms with van der Waals surface area (Å²) >= 11 is 13.6. The van der Waals surface area contributed by atoms with Crippen LogP contribution in [-0.2, 0) is 0 Å². The van der Waals surface area contributed by atoms with Gasteiger partial charge in [-0.2, -0.15) is 0 Å². The number of aromatic hydroxyl groups is 2. The van der Waals surface area contributed by atoms with Crippen molar-refractivity contribution in [1.29, 1.82) is 0 Å². The number of aromatic carboxylic acids is 2. The number of phenolic OH excluding ortho intramolecular Hbond substituents is 2. The lowest BCUT2D eigenvalue weighted by Gasteiger charge is -2.11. The fourth-order valence-corrected chi connectivity index (χ4v) is 5.63. The molecule has 0 fully saturated rings. The maximum Gasteiger partial charge on any atom is 0.336 e. The van der Waals surface area contributed by atoms with Gasteiger partial charge in [0.2, 0.25) is 0 Å². The number of carboxylic acid groups (broad SMARTS) is 2. The largest absolute Gasteiger partial charge is 0.504 e. The number of halogens is 4. The summed E-state index contributed by atoms with van der Waals surface area (Å²) in [6.45, 7) is 6.17. The summed E-state index contributed by atoms with van der Waals surface area (Å²) in [5.74, 6) is -1.43. The molecule has 4 N–H and O–H groups in total. The van der Waals surface area contributed by atoms with Gasteiger partial charge < -0.3 is 29.9 Å². The summed E-state index contributed by atoms with van der Waals surface area (Å²) in [4.78, 5) is 30.7. The van der Waals surface area contributed by atoms with Crippen molar-refractivity contribution in [1.82, 2.24) is 0 Å². The third-order valence-corrected chi connectivity index (χ3v) is 10.3. The van der Waals surface area contributed by atoms with Crippen LogP contribution in [0.4, 0.5) is 11.4 Å². The van der Waals surface area contributed by atoms with Crippen LogP contribution in [0.15, 0.2) is 82.5 Å². The average Bonchev–Trinajstić information content (AvgIpc) is 3.03. The lowest BCUT2D eigenvalue weighted by atomic mass is 10.1. The second-order valence-corrected chi connectivity index (χ2v) is 12.7. The number of hydrogen-bond donors (Lipinski definition) is 4. The van der Waals surface area contributed by atoms with E-state index < -0.39 is 11.9 Å². The van der Waals surface area contributed by atoms with Crippen molar-refractivity contribution >= 4 is 99.5 Å². The monoisotopic (exact) mass is 928 g/mol. The number of carboxylic acids is 2. The quantitative estimate of drug-likeness (QED) is 0.114. The Kier molecular flexibility index (Phi) is 17.7. The lowest BCUT2D eigenvalue weighted by Crippen LogP contribution is -1.99. The van der Waals surface area contributed by atoms with Gasteiger partial charge in [0.15, 0.2) is 23.0 Å². The molecule has 0 radical (unpaired) electrons. The van der Waals surface area contributed by atoms with E-state index in [9.17, 15) is 24.9 Å². The van der Waals surface area contributed by atoms with Crippen LogP contribution in [0, 0.1) is 6.92 Å². The van der Waals surface area contributed by atoms with Crippen molar-refractivity contribution in [2.75, 3.05) is 13.2 Å². The molecule has 0 heterocycles. The van der Waals surface area contributed by atoms with Crippen molar-refractivity contribution < 1.29 is 39.5 Å². The van der Waals surface area contributed by atoms with Crippen LogP contribution in [0.25, 0.3) is 0 Å². The van der Waals surface area contributed by atoms with E-state index in [-0.39, 0.29) is 37.5 Å². The highest BCUT2D eigenvalue weighted by Crippen LogP contribution is 2.41. The Bertz CT molecular complexity index is 1860. The van der Waals surface area contributed by atoms with Crippen molar-refractivity contribution in [2.45, 2.75) is 35.6 Å². The first kappa shape index (κ1) is 43.3. The average molecular weight is 932 g/mol. The summed E-state index contributed by atoms with van der Waals surface area (Å²) in [6, 6.07) is 14.4. The lowest BCUT2D eigenvalue weighted by molar-refractivity contribution is 0.0685. The van der Waals surface area contributed by atoms with Gasteiger partial charge in [0.25, 0.3) is 0 Å². The molecule has 262 valence electrons. The highest BCUT2D eigenvalue weighted by Gasteiger charge is 2.16. The fourth-order valence-electron chi connectivity index (χ4n) is 3.98. The molecule has 0 amide bonds. The highest BCUT2D eigenvalue weighted by molar-refractivity contribution is 9.13. The SMILES string of the molecule is C.C.CCOc1cc(Br)c(Br)c(C=Nc2cccc(C(=O)O)c2)c1O.CCOc1cc(Br)c(Br)c(C=Nc2cccc(C(=O)O)c2C)c1O. The van der Waals surface area contributed by atoms with E-state index in [1.165, 1.54) is 30.6 Å². The third kappa shape index (κ3) is 11.1. The first-order chi connectivity index (χ1) is 22.3. The van der Waals surface area contributed by atoms with Gasteiger partial charge in [-0.1, -0.05) is 27.0 Å². The summed E-state index contributed by atoms with van der Waals surface area (Å²) in [6.07, 6.45) is 2.92. The van der Waals surface area contributed by atoms with E-state index in [2.05, 4.69) is 73.7 Å². The number of phenols is 2. The number of rotatable bonds is 10. The Hall–Kier alpha value is -3.72. The van der Waals surface area contributed by atoms with Gasteiger partial charge in [-0.15, -0.1) is 0 Å². The zero-order valence-electron chi connectivity index (χ0n) is 25.1. The maximum atomic E-state index is 11.2. The molecule has 49 heavy (non-hydrogen) atoms. The zero-order valence-corrected chi connectivity index (χ0v) is 31.4. The standard InChI is InChI=1S/C17H15Br2NO4.C16H13Br2NO4.2CH4/c1-3-24-14-7-12(18)15(19)11(16(14)21)8-20-13-6-4-5-10(9(13)2)17(22)23;1-2-23-13-7-12(17)14(18)11(15(13)20)8-19-10-5-3-4-9(6-10)16(21)22;;/h4-8,21H,3H2,1-2H3,(H,22,23);3-8,20H,2H2,1H3,(H,21,22);2*1H4. The molecular weight excluding hydrogens is 896 g/mol. The van der Waals surface area contributed by atoms with E-state index in [4.69, 9.17) is 14.6 Å². The second-order valence-electron chi connectivity index (χ2n) is 9.36. The molecule has 0 aromatic heterocycles. The molecule has 0 saturated heterocycles. The molecule has 4 aromatic carbocycles. The summed E-state index contributed by atoms with van der Waals surface area (Å²) < 4.78 is 13.4. The first-order valence-corrected chi connectivity index (χ1v) is 16.9. The molecule has 10 nitrogen and oxygen atoms in total. The molecule has 0 atom stereocenters. The van der Waals surface area contributed by atoms with E-state index in [1.54, 1.807) is 43.3 Å². The van der Waals surface area contributed by atoms with E-state index in [0.717, 1.165) is 0 Å². The van der Waals surface area contributed by atoms with Gasteiger partial charge in [0.1, 0.15) is 0 Å². The van der Waals surface area contributed by atoms with Gasteiger partial charge in [-0.25, -0.2) is 9.59 Å². The highest BCUT2D eigenvalue weighted by atomic mass is 79.9. The molecule has 0 aliphatic rings. The van der Waals surface area contributed by atoms with Crippen LogP contribution >= 0.6 is 63.7 Å². The predicted octanol–water partition coefficient (Wildman–Crippen LogP) is 11.1. The summed E-state index contributed by atoms with van der Waals surface area (Å²) in [5, 5.41) is 38.8. The maximum absolute atomic E-state index is 11.2. The summed E-state index contributed by atoms with van der Waals surface area (Å²) in [5.41, 5.74) is 2.74. The van der Waals surface area contributed by atoms with Crippen molar-refractivity contribution in [3.8, 4) is 23.0 Å². The molecule has 0 aliphatic carbocycles. The van der Waals surface area contributed by atoms with Crippen molar-refractivity contribution in [3.63, 3.8) is 0 Å². The molecule has 0 spiro atoms. The van der Waals surface area contributed by atoms with Crippen LogP contribution in [0.1, 0.15) is 66.1 Å². The number of hydrogen-bond acceptors (Lipinski definition) is 8. The minimum absolute atomic E-state index is 0. The normalized spacial score (nSPS) is 10.5. The molecule has 14 heteroatoms. The zero-order chi connectivity index (χ0) is 34.8. The van der Waals surface area contributed by atoms with E-state index in [0.29, 0.717) is 70.7 Å². The third-order valence-electron chi connectivity index (χ3n) is 6.29. The van der Waals surface area contributed by atoms with Crippen LogP contribution in [0.5, 0.6) is 23.0 Å². The molecule has 0 aliphatic heterocycles. The fraction of sp³-hybridized carbons (Fsp3) is 0.200. The van der Waals surface area contributed by atoms with Gasteiger partial charge in [-0.3, -0.25) is 9.98 Å². The predicted molar refractivity (Wildman–Crippen MR) is 209 cm³/mol. The number of aliphatic imine (C=N–C) groups is 2. The minimum Gasteiger partial charge on any atom is -0.504 e. The molecule has 0 bridgehead atoms. The van der Waals surface area contributed by atoms with E-state index in [1.807, 2.05) is 13.8 Å². The minimum atomic E-state index is -1.02. The number of ether oxygens (including phenoxy) is 2. The Morgan fingerprint density at radius 1 is 0.735 bits per heavy atom. The van der Waals surface area contributed by atoms with Gasteiger partial charge in [0, 0.05) is 30.3 Å². The first-order valence-electron chi connectivity index (χ1n) is 13.7. The number of benzene rings is 4. The van der Waals surface area contributed by atoms with Crippen LogP contribution in [0.2, 0.25) is 0 Å². The Labute approximate surface area is 319 Å². The van der Waals surface area contributed by atoms with Crippen LogP contribution < -0.4 is 9.47 Å². The van der Waals surface area contributed by atoms with Gasteiger partial charge in [0.05, 0.1) is 46.8 Å². The Morgan fingerprint density at radius 2 is 1.22 bits per heavy atom. The van der Waals surface area contributed by atoms with Gasteiger partial charge >= 0.3 is 11.9 Å². The topological polar surface area (TPSA) is 158 Å². The van der Waals surface area contributed by atoms with Crippen LogP contribution in [0.3, 0.4) is 0 Å². The smallest absolute Gasteiger partial charge is 0.336 e. The molecular formula is C35H36Br4N2O8. The molecule has 4 aromatic rings. The second kappa shape index (κ2) is 20.1. The van der Waals surface area contributed by atoms with Gasteiger partial charge in [-0.05, 0) is 133 Å². The van der Waals surface area contributed by atoms with Crippen LogP contribution in [-0.4, -0.2) is 58.0 Å². The van der Waals surface area contributed by atoms with Crippen molar-refractivity contribution in [3.05, 3.63) is 100 Å². The molecule has 0 unspecified atom stereocenters. The Balaban J connectivity index is 0.000000471. The van der Waals surface area contributed by atoms with E-state index >= 15 is 0 Å². The summed E-state index contributed by atoms with van der Waals surface area (Å²) in [7, 11) is 0. The van der Waals surface area contributed by atoms with Crippen molar-refractivity contribution in [2.24, 2.45) is 9.98 Å².